The maximum Gasteiger partial charge on any atom is 0.161 e. The maximum absolute atomic E-state index is 5.57. The molecule has 0 heterocycles. The molecule has 0 aromatic heterocycles. The van der Waals surface area contributed by atoms with E-state index in [4.69, 9.17) is 9.47 Å². The van der Waals surface area contributed by atoms with E-state index in [-0.39, 0.29) is 0 Å². The van der Waals surface area contributed by atoms with Crippen molar-refractivity contribution in [3.8, 4) is 33.8 Å². The van der Waals surface area contributed by atoms with E-state index >= 15 is 0 Å². The Hall–Kier alpha value is -4.04. The number of hydrogen-bond acceptors (Lipinski definition) is 2. The largest absolute Gasteiger partial charge is 0.493 e. The summed E-state index contributed by atoms with van der Waals surface area (Å²) in [5.41, 5.74) is 10.2. The van der Waals surface area contributed by atoms with Gasteiger partial charge < -0.3 is 9.47 Å². The van der Waals surface area contributed by atoms with Crippen LogP contribution in [0.25, 0.3) is 39.5 Å². The minimum absolute atomic E-state index is 0.702. The molecule has 0 saturated heterocycles. The quantitative estimate of drug-likeness (QED) is 0.265. The number of methoxy groups -OCH3 is 2. The van der Waals surface area contributed by atoms with Gasteiger partial charge in [0, 0.05) is 0 Å². The lowest BCUT2D eigenvalue weighted by Crippen LogP contribution is -1.95. The predicted molar refractivity (Wildman–Crippen MR) is 145 cm³/mol. The van der Waals surface area contributed by atoms with E-state index in [1.165, 1.54) is 27.8 Å². The van der Waals surface area contributed by atoms with Crippen LogP contribution in [0.2, 0.25) is 0 Å². The molecule has 0 N–H and O–H groups in total. The zero-order valence-electron chi connectivity index (χ0n) is 20.3. The Morgan fingerprint density at radius 3 is 1.62 bits per heavy atom. The summed E-state index contributed by atoms with van der Waals surface area (Å²) in [5, 5.41) is 0. The van der Waals surface area contributed by atoms with Crippen LogP contribution in [0, 0.1) is 0 Å². The summed E-state index contributed by atoms with van der Waals surface area (Å²) in [6, 6.07) is 31.8. The van der Waals surface area contributed by atoms with Crippen LogP contribution in [0.15, 0.2) is 97.6 Å². The molecule has 0 amide bonds. The van der Waals surface area contributed by atoms with Crippen molar-refractivity contribution in [3.63, 3.8) is 0 Å². The summed E-state index contributed by atoms with van der Waals surface area (Å²) in [6.07, 6.45) is 2.20. The van der Waals surface area contributed by atoms with Crippen LogP contribution in [0.4, 0.5) is 0 Å². The third kappa shape index (κ3) is 4.97. The van der Waals surface area contributed by atoms with Crippen molar-refractivity contribution < 1.29 is 9.47 Å². The maximum atomic E-state index is 5.57. The Morgan fingerprint density at radius 2 is 1.15 bits per heavy atom. The summed E-state index contributed by atoms with van der Waals surface area (Å²) in [4.78, 5) is 0. The average Bonchev–Trinajstić information content (AvgIpc) is 2.89. The van der Waals surface area contributed by atoms with E-state index in [2.05, 4.69) is 86.3 Å². The fraction of sp³-hybridized carbons (Fsp3) is 0.125. The van der Waals surface area contributed by atoms with E-state index in [9.17, 15) is 0 Å². The van der Waals surface area contributed by atoms with Crippen molar-refractivity contribution in [1.29, 1.82) is 0 Å². The van der Waals surface area contributed by atoms with Crippen molar-refractivity contribution >= 4 is 17.2 Å². The van der Waals surface area contributed by atoms with Gasteiger partial charge in [-0.2, -0.15) is 0 Å². The highest BCUT2D eigenvalue weighted by Gasteiger charge is 2.12. The molecule has 0 unspecified atom stereocenters. The van der Waals surface area contributed by atoms with Crippen molar-refractivity contribution in [2.75, 3.05) is 14.2 Å². The fourth-order valence-electron chi connectivity index (χ4n) is 4.15. The molecule has 0 aliphatic rings. The summed E-state index contributed by atoms with van der Waals surface area (Å²) in [5.74, 6) is 1.40. The molecule has 2 heteroatoms. The number of allylic oxidation sites excluding steroid dienone is 2. The standard InChI is InChI=1S/C32H30O2/c1-22(2)30-21-32(34-5)31(33-4)20-29(30)16-23(3)26-17-27(24-12-8-6-9-13-24)19-28(18-26)25-14-10-7-11-15-25/h6-21H,1H2,2-5H3/b23-16+. The third-order valence-electron chi connectivity index (χ3n) is 5.99. The van der Waals surface area contributed by atoms with Crippen molar-refractivity contribution in [2.45, 2.75) is 13.8 Å². The SMILES string of the molecule is C=C(C)c1cc(OC)c(OC)cc1/C=C(\C)c1cc(-c2ccccc2)cc(-c2ccccc2)c1. The Bertz CT molecular complexity index is 1270. The van der Waals surface area contributed by atoms with E-state index in [1.54, 1.807) is 14.2 Å². The van der Waals surface area contributed by atoms with Gasteiger partial charge in [-0.25, -0.2) is 0 Å². The van der Waals surface area contributed by atoms with Crippen LogP contribution >= 0.6 is 0 Å². The molecule has 2 nitrogen and oxygen atoms in total. The van der Waals surface area contributed by atoms with Gasteiger partial charge in [0.05, 0.1) is 14.2 Å². The predicted octanol–water partition coefficient (Wildman–Crippen LogP) is 8.63. The van der Waals surface area contributed by atoms with Gasteiger partial charge in [0.1, 0.15) is 0 Å². The molecule has 0 saturated carbocycles. The van der Waals surface area contributed by atoms with E-state index in [0.717, 1.165) is 22.3 Å². The Kier molecular flexibility index (Phi) is 6.98. The second kappa shape index (κ2) is 10.3. The molecular formula is C32H30O2. The normalized spacial score (nSPS) is 11.2. The Balaban J connectivity index is 1.88. The first-order valence-electron chi connectivity index (χ1n) is 11.4. The summed E-state index contributed by atoms with van der Waals surface area (Å²) in [6.45, 7) is 8.34. The number of benzene rings is 4. The highest BCUT2D eigenvalue weighted by atomic mass is 16.5. The molecule has 4 aromatic rings. The number of rotatable bonds is 7. The second-order valence-electron chi connectivity index (χ2n) is 8.43. The summed E-state index contributed by atoms with van der Waals surface area (Å²) >= 11 is 0. The van der Waals surface area contributed by atoms with Crippen molar-refractivity contribution in [2.24, 2.45) is 0 Å². The molecular weight excluding hydrogens is 416 g/mol. The van der Waals surface area contributed by atoms with Crippen molar-refractivity contribution in [1.82, 2.24) is 0 Å². The summed E-state index contributed by atoms with van der Waals surface area (Å²) in [7, 11) is 3.31. The monoisotopic (exact) mass is 446 g/mol. The smallest absolute Gasteiger partial charge is 0.161 e. The van der Waals surface area contributed by atoms with Gasteiger partial charge in [-0.3, -0.25) is 0 Å². The Morgan fingerprint density at radius 1 is 0.647 bits per heavy atom. The molecule has 4 rings (SSSR count). The van der Waals surface area contributed by atoms with Crippen LogP contribution in [0.3, 0.4) is 0 Å². The minimum Gasteiger partial charge on any atom is -0.493 e. The van der Waals surface area contributed by atoms with Crippen LogP contribution in [0.1, 0.15) is 30.5 Å². The van der Waals surface area contributed by atoms with Crippen LogP contribution in [0.5, 0.6) is 11.5 Å². The van der Waals surface area contributed by atoms with Gasteiger partial charge >= 0.3 is 0 Å². The average molecular weight is 447 g/mol. The highest BCUT2D eigenvalue weighted by Crippen LogP contribution is 2.36. The zero-order valence-corrected chi connectivity index (χ0v) is 20.3. The topological polar surface area (TPSA) is 18.5 Å². The van der Waals surface area contributed by atoms with E-state index in [0.29, 0.717) is 11.5 Å². The number of hydrogen-bond donors (Lipinski definition) is 0. The van der Waals surface area contributed by atoms with Gasteiger partial charge in [0.25, 0.3) is 0 Å². The lowest BCUT2D eigenvalue weighted by atomic mass is 9.92. The molecule has 0 bridgehead atoms. The number of ether oxygens (including phenoxy) is 2. The first-order valence-corrected chi connectivity index (χ1v) is 11.4. The second-order valence-corrected chi connectivity index (χ2v) is 8.43. The van der Waals surface area contributed by atoms with Gasteiger partial charge in [0.15, 0.2) is 11.5 Å². The summed E-state index contributed by atoms with van der Waals surface area (Å²) < 4.78 is 11.1. The van der Waals surface area contributed by atoms with E-state index in [1.807, 2.05) is 31.2 Å². The molecule has 0 spiro atoms. The van der Waals surface area contributed by atoms with Gasteiger partial charge in [0.2, 0.25) is 0 Å². The third-order valence-corrected chi connectivity index (χ3v) is 5.99. The lowest BCUT2D eigenvalue weighted by Gasteiger charge is -2.15. The minimum atomic E-state index is 0.702. The molecule has 4 aromatic carbocycles. The van der Waals surface area contributed by atoms with Gasteiger partial charge in [-0.15, -0.1) is 0 Å². The molecule has 170 valence electrons. The molecule has 34 heavy (non-hydrogen) atoms. The molecule has 0 fully saturated rings. The lowest BCUT2D eigenvalue weighted by molar-refractivity contribution is 0.355. The van der Waals surface area contributed by atoms with Gasteiger partial charge in [-0.1, -0.05) is 78.9 Å². The van der Waals surface area contributed by atoms with Crippen LogP contribution < -0.4 is 9.47 Å². The molecule has 0 aliphatic heterocycles. The highest BCUT2D eigenvalue weighted by molar-refractivity contribution is 5.88. The first-order chi connectivity index (χ1) is 16.5. The zero-order chi connectivity index (χ0) is 24.1. The Labute approximate surface area is 202 Å². The molecule has 0 aliphatic carbocycles. The fourth-order valence-corrected chi connectivity index (χ4v) is 4.15. The first kappa shape index (κ1) is 23.1. The van der Waals surface area contributed by atoms with Crippen molar-refractivity contribution in [3.05, 3.63) is 114 Å². The molecule has 0 atom stereocenters. The van der Waals surface area contributed by atoms with Crippen LogP contribution in [-0.2, 0) is 0 Å². The molecule has 0 radical (unpaired) electrons. The van der Waals surface area contributed by atoms with Gasteiger partial charge in [-0.05, 0) is 88.7 Å². The van der Waals surface area contributed by atoms with E-state index < -0.39 is 0 Å². The van der Waals surface area contributed by atoms with Crippen LogP contribution in [-0.4, -0.2) is 14.2 Å².